The molecule has 0 atom stereocenters. The first-order chi connectivity index (χ1) is 17.5. The van der Waals surface area contributed by atoms with Gasteiger partial charge in [0.2, 0.25) is 0 Å². The van der Waals surface area contributed by atoms with E-state index in [2.05, 4.69) is 42.3 Å². The monoisotopic (exact) mass is 504 g/mol. The number of benzene rings is 3. The van der Waals surface area contributed by atoms with Crippen LogP contribution in [0.4, 0.5) is 10.5 Å². The van der Waals surface area contributed by atoms with E-state index in [0.29, 0.717) is 41.0 Å². The molecule has 1 N–H and O–H groups in total. The number of aromatic nitrogens is 1. The van der Waals surface area contributed by atoms with Crippen LogP contribution in [-0.4, -0.2) is 37.7 Å². The molecule has 0 fully saturated rings. The van der Waals surface area contributed by atoms with Crippen LogP contribution in [0.1, 0.15) is 11.1 Å². The summed E-state index contributed by atoms with van der Waals surface area (Å²) in [6, 6.07) is 18.8. The van der Waals surface area contributed by atoms with E-state index >= 15 is 0 Å². The van der Waals surface area contributed by atoms with Gasteiger partial charge in [0.05, 0.1) is 19.7 Å². The summed E-state index contributed by atoms with van der Waals surface area (Å²) in [6.45, 7) is 4.46. The molecule has 1 aromatic heterocycles. The van der Waals surface area contributed by atoms with Crippen molar-refractivity contribution in [3.8, 4) is 23.0 Å². The third kappa shape index (κ3) is 6.20. The van der Waals surface area contributed by atoms with Crippen LogP contribution >= 0.6 is 11.8 Å². The molecule has 0 spiro atoms. The van der Waals surface area contributed by atoms with Gasteiger partial charge in [0.1, 0.15) is 18.1 Å². The number of aryl methyl sites for hydroxylation is 2. The molecule has 0 unspecified atom stereocenters. The maximum Gasteiger partial charge on any atom is 0.411 e. The number of methoxy groups -OCH3 is 2. The molecule has 0 aliphatic heterocycles. The number of carbonyl (C=O) groups is 1. The quantitative estimate of drug-likeness (QED) is 0.194. The van der Waals surface area contributed by atoms with Gasteiger partial charge in [-0.15, -0.1) is 11.8 Å². The van der Waals surface area contributed by atoms with Crippen LogP contribution in [0.2, 0.25) is 0 Å². The van der Waals surface area contributed by atoms with Gasteiger partial charge in [-0.25, -0.2) is 4.79 Å². The summed E-state index contributed by atoms with van der Waals surface area (Å²) in [4.78, 5) is 17.8. The van der Waals surface area contributed by atoms with Gasteiger partial charge < -0.3 is 18.9 Å². The fraction of sp³-hybridized carbons (Fsp3) is 0.214. The van der Waals surface area contributed by atoms with Crippen molar-refractivity contribution in [3.05, 3.63) is 78.0 Å². The molecular weight excluding hydrogens is 476 g/mol. The van der Waals surface area contributed by atoms with Crippen LogP contribution in [-0.2, 0) is 4.74 Å². The number of hydrogen-bond acceptors (Lipinski definition) is 7. The standard InChI is InChI=1S/C28H28N2O5S/c1-18-5-6-19(2)27(15-18)36-14-13-34-28(31)30-20-7-9-21(10-8-20)35-24-11-12-29-23-17-26(33-4)25(32-3)16-22(23)24/h5-12,15-17H,13-14H2,1-4H3,(H,30,31). The van der Waals surface area contributed by atoms with E-state index < -0.39 is 6.09 Å². The summed E-state index contributed by atoms with van der Waals surface area (Å²) in [7, 11) is 3.17. The average molecular weight is 505 g/mol. The van der Waals surface area contributed by atoms with Gasteiger partial charge in [-0.2, -0.15) is 0 Å². The summed E-state index contributed by atoms with van der Waals surface area (Å²) in [6.07, 6.45) is 1.18. The molecule has 7 nitrogen and oxygen atoms in total. The zero-order chi connectivity index (χ0) is 25.5. The Morgan fingerprint density at radius 3 is 2.42 bits per heavy atom. The molecule has 4 aromatic rings. The molecule has 0 aliphatic rings. The second-order valence-corrected chi connectivity index (χ2v) is 9.17. The smallest absolute Gasteiger partial charge is 0.411 e. The van der Waals surface area contributed by atoms with Crippen molar-refractivity contribution in [1.29, 1.82) is 0 Å². The van der Waals surface area contributed by atoms with Gasteiger partial charge in [0, 0.05) is 34.0 Å². The van der Waals surface area contributed by atoms with Crippen molar-refractivity contribution in [1.82, 2.24) is 4.98 Å². The van der Waals surface area contributed by atoms with E-state index in [1.54, 1.807) is 68.6 Å². The minimum absolute atomic E-state index is 0.314. The van der Waals surface area contributed by atoms with Gasteiger partial charge in [-0.05, 0) is 61.9 Å². The van der Waals surface area contributed by atoms with E-state index in [1.807, 2.05) is 6.07 Å². The lowest BCUT2D eigenvalue weighted by atomic mass is 10.2. The maximum absolute atomic E-state index is 12.2. The normalized spacial score (nSPS) is 10.7. The number of hydrogen-bond donors (Lipinski definition) is 1. The van der Waals surface area contributed by atoms with E-state index in [0.717, 1.165) is 10.9 Å². The summed E-state index contributed by atoms with van der Waals surface area (Å²) in [5.41, 5.74) is 3.77. The Morgan fingerprint density at radius 2 is 1.67 bits per heavy atom. The highest BCUT2D eigenvalue weighted by Crippen LogP contribution is 2.37. The Labute approximate surface area is 214 Å². The molecule has 0 saturated carbocycles. The summed E-state index contributed by atoms with van der Waals surface area (Å²) >= 11 is 1.68. The lowest BCUT2D eigenvalue weighted by Crippen LogP contribution is -2.15. The lowest BCUT2D eigenvalue weighted by molar-refractivity contribution is 0.169. The number of nitrogens with one attached hydrogen (secondary N) is 1. The van der Waals surface area contributed by atoms with E-state index in [4.69, 9.17) is 18.9 Å². The largest absolute Gasteiger partial charge is 0.493 e. The number of nitrogens with zero attached hydrogens (tertiary/aromatic N) is 1. The first-order valence-corrected chi connectivity index (χ1v) is 12.4. The number of ether oxygens (including phenoxy) is 4. The molecular formula is C28H28N2O5S. The van der Waals surface area contributed by atoms with Crippen molar-refractivity contribution in [2.75, 3.05) is 31.9 Å². The van der Waals surface area contributed by atoms with Crippen LogP contribution < -0.4 is 19.5 Å². The Hall–Kier alpha value is -3.91. The maximum atomic E-state index is 12.2. The lowest BCUT2D eigenvalue weighted by Gasteiger charge is -2.13. The topological polar surface area (TPSA) is 78.9 Å². The highest BCUT2D eigenvalue weighted by Gasteiger charge is 2.12. The first kappa shape index (κ1) is 25.2. The molecule has 186 valence electrons. The van der Waals surface area contributed by atoms with Crippen LogP contribution in [0.15, 0.2) is 71.8 Å². The molecule has 0 radical (unpaired) electrons. The Morgan fingerprint density at radius 1 is 0.917 bits per heavy atom. The number of rotatable bonds is 9. The minimum Gasteiger partial charge on any atom is -0.493 e. The van der Waals surface area contributed by atoms with Crippen molar-refractivity contribution < 1.29 is 23.7 Å². The molecule has 0 bridgehead atoms. The molecule has 3 aromatic carbocycles. The SMILES string of the molecule is COc1cc2nccc(Oc3ccc(NC(=O)OCCSc4cc(C)ccc4C)cc3)c2cc1OC. The second-order valence-electron chi connectivity index (χ2n) is 8.04. The molecule has 36 heavy (non-hydrogen) atoms. The van der Waals surface area contributed by atoms with Gasteiger partial charge in [-0.3, -0.25) is 10.3 Å². The van der Waals surface area contributed by atoms with Crippen molar-refractivity contribution >= 4 is 34.4 Å². The van der Waals surface area contributed by atoms with Crippen LogP contribution in [0.3, 0.4) is 0 Å². The third-order valence-electron chi connectivity index (χ3n) is 5.45. The number of amides is 1. The summed E-state index contributed by atoms with van der Waals surface area (Å²) < 4.78 is 22.2. The van der Waals surface area contributed by atoms with Gasteiger partial charge in [-0.1, -0.05) is 17.7 Å². The highest BCUT2D eigenvalue weighted by atomic mass is 32.2. The number of anilines is 1. The van der Waals surface area contributed by atoms with E-state index in [1.165, 1.54) is 16.0 Å². The Kier molecular flexibility index (Phi) is 8.17. The number of carbonyl (C=O) groups excluding carboxylic acids is 1. The van der Waals surface area contributed by atoms with Crippen LogP contribution in [0, 0.1) is 13.8 Å². The van der Waals surface area contributed by atoms with Gasteiger partial charge in [0.15, 0.2) is 11.5 Å². The zero-order valence-electron chi connectivity index (χ0n) is 20.7. The van der Waals surface area contributed by atoms with Crippen molar-refractivity contribution in [2.45, 2.75) is 18.7 Å². The fourth-order valence-corrected chi connectivity index (χ4v) is 4.52. The molecule has 0 aliphatic carbocycles. The summed E-state index contributed by atoms with van der Waals surface area (Å²) in [5.74, 6) is 3.11. The average Bonchev–Trinajstić information content (AvgIpc) is 2.89. The Balaban J connectivity index is 1.32. The van der Waals surface area contributed by atoms with Gasteiger partial charge in [0.25, 0.3) is 0 Å². The highest BCUT2D eigenvalue weighted by molar-refractivity contribution is 7.99. The summed E-state index contributed by atoms with van der Waals surface area (Å²) in [5, 5.41) is 3.53. The molecule has 0 saturated heterocycles. The molecule has 8 heteroatoms. The van der Waals surface area contributed by atoms with Crippen molar-refractivity contribution in [3.63, 3.8) is 0 Å². The van der Waals surface area contributed by atoms with E-state index in [9.17, 15) is 4.79 Å². The fourth-order valence-electron chi connectivity index (χ4n) is 3.57. The second kappa shape index (κ2) is 11.7. The number of thioether (sulfide) groups is 1. The molecule has 4 rings (SSSR count). The first-order valence-electron chi connectivity index (χ1n) is 11.4. The van der Waals surface area contributed by atoms with Crippen molar-refractivity contribution in [2.24, 2.45) is 0 Å². The number of pyridine rings is 1. The molecule has 1 heterocycles. The Bertz CT molecular complexity index is 1360. The van der Waals surface area contributed by atoms with Crippen LogP contribution in [0.5, 0.6) is 23.0 Å². The third-order valence-corrected chi connectivity index (χ3v) is 6.57. The molecule has 1 amide bonds. The number of fused-ring (bicyclic) bond motifs is 1. The zero-order valence-corrected chi connectivity index (χ0v) is 21.5. The van der Waals surface area contributed by atoms with Crippen LogP contribution in [0.25, 0.3) is 10.9 Å². The minimum atomic E-state index is -0.494. The predicted molar refractivity (Wildman–Crippen MR) is 143 cm³/mol. The predicted octanol–water partition coefficient (Wildman–Crippen LogP) is 7.00. The van der Waals surface area contributed by atoms with Gasteiger partial charge >= 0.3 is 6.09 Å². The van der Waals surface area contributed by atoms with E-state index in [-0.39, 0.29) is 0 Å².